The average Bonchev–Trinajstić information content (AvgIpc) is 2.37. The lowest BCUT2D eigenvalue weighted by Gasteiger charge is -2.24. The van der Waals surface area contributed by atoms with E-state index < -0.39 is 35.5 Å². The third-order valence-corrected chi connectivity index (χ3v) is 3.17. The Bertz CT molecular complexity index is 511. The number of esters is 1. The Hall–Kier alpha value is -1.63. The van der Waals surface area contributed by atoms with Gasteiger partial charge in [0.2, 0.25) is 0 Å². The molecule has 1 aromatic rings. The van der Waals surface area contributed by atoms with Crippen molar-refractivity contribution in [3.05, 3.63) is 35.1 Å². The Kier molecular flexibility index (Phi) is 5.33. The third-order valence-electron chi connectivity index (χ3n) is 3.17. The summed E-state index contributed by atoms with van der Waals surface area (Å²) in [6, 6.07) is 2.15. The van der Waals surface area contributed by atoms with E-state index in [1.807, 2.05) is 0 Å². The maximum absolute atomic E-state index is 13.2. The zero-order valence-corrected chi connectivity index (χ0v) is 11.7. The lowest BCUT2D eigenvalue weighted by Crippen LogP contribution is -2.28. The molecule has 0 saturated heterocycles. The number of benzene rings is 1. The van der Waals surface area contributed by atoms with Crippen LogP contribution < -0.4 is 0 Å². The van der Waals surface area contributed by atoms with Gasteiger partial charge in [-0.15, -0.1) is 0 Å². The Morgan fingerprint density at radius 2 is 1.86 bits per heavy atom. The van der Waals surface area contributed by atoms with Gasteiger partial charge >= 0.3 is 12.1 Å². The van der Waals surface area contributed by atoms with E-state index in [0.717, 1.165) is 13.2 Å². The van der Waals surface area contributed by atoms with E-state index in [-0.39, 0.29) is 11.5 Å². The number of aliphatic hydroxyl groups is 1. The predicted molar refractivity (Wildman–Crippen MR) is 66.7 cm³/mol. The van der Waals surface area contributed by atoms with Gasteiger partial charge in [-0.25, -0.2) is 4.39 Å². The number of halogens is 4. The molecule has 0 aliphatic heterocycles. The van der Waals surface area contributed by atoms with Crippen molar-refractivity contribution in [2.45, 2.75) is 26.1 Å². The monoisotopic (exact) mass is 308 g/mol. The Morgan fingerprint density at radius 3 is 2.29 bits per heavy atom. The van der Waals surface area contributed by atoms with Crippen LogP contribution in [0.3, 0.4) is 0 Å². The van der Waals surface area contributed by atoms with Gasteiger partial charge in [-0.3, -0.25) is 4.79 Å². The van der Waals surface area contributed by atoms with Crippen LogP contribution in [0, 0.1) is 17.7 Å². The Balaban J connectivity index is 3.23. The van der Waals surface area contributed by atoms with Crippen LogP contribution in [0.1, 0.15) is 31.1 Å². The first kappa shape index (κ1) is 17.4. The molecular weight excluding hydrogens is 292 g/mol. The molecule has 118 valence electrons. The van der Waals surface area contributed by atoms with Gasteiger partial charge < -0.3 is 9.84 Å². The molecule has 3 nitrogen and oxygen atoms in total. The topological polar surface area (TPSA) is 46.5 Å². The number of carbonyl (C=O) groups is 1. The molecular formula is C14H16F4O3. The van der Waals surface area contributed by atoms with E-state index in [1.165, 1.54) is 0 Å². The van der Waals surface area contributed by atoms with Crippen LogP contribution in [0.2, 0.25) is 0 Å². The molecule has 0 radical (unpaired) electrons. The summed E-state index contributed by atoms with van der Waals surface area (Å²) >= 11 is 0. The first-order chi connectivity index (χ1) is 9.59. The van der Waals surface area contributed by atoms with E-state index in [0.29, 0.717) is 12.1 Å². The lowest BCUT2D eigenvalue weighted by atomic mass is 9.86. The van der Waals surface area contributed by atoms with Crippen LogP contribution >= 0.6 is 0 Å². The minimum Gasteiger partial charge on any atom is -0.469 e. The van der Waals surface area contributed by atoms with E-state index in [1.54, 1.807) is 13.8 Å². The van der Waals surface area contributed by atoms with Gasteiger partial charge in [0, 0.05) is 0 Å². The van der Waals surface area contributed by atoms with Crippen LogP contribution in [0.5, 0.6) is 0 Å². The normalized spacial score (nSPS) is 14.9. The smallest absolute Gasteiger partial charge is 0.419 e. The Morgan fingerprint density at radius 1 is 1.29 bits per heavy atom. The molecule has 2 atom stereocenters. The minimum atomic E-state index is -4.88. The fraction of sp³-hybridized carbons (Fsp3) is 0.500. The van der Waals surface area contributed by atoms with Gasteiger partial charge in [0.15, 0.2) is 0 Å². The van der Waals surface area contributed by atoms with Crippen LogP contribution in [-0.4, -0.2) is 18.2 Å². The molecule has 0 spiro atoms. The second-order valence-electron chi connectivity index (χ2n) is 4.97. The maximum Gasteiger partial charge on any atom is 0.419 e. The summed E-state index contributed by atoms with van der Waals surface area (Å²) < 4.78 is 55.8. The van der Waals surface area contributed by atoms with Crippen molar-refractivity contribution in [3.63, 3.8) is 0 Å². The largest absolute Gasteiger partial charge is 0.469 e. The molecule has 7 heteroatoms. The molecule has 1 N–H and O–H groups in total. The summed E-state index contributed by atoms with van der Waals surface area (Å²) in [4.78, 5) is 11.6. The first-order valence-corrected chi connectivity index (χ1v) is 6.22. The summed E-state index contributed by atoms with van der Waals surface area (Å²) in [6.07, 6.45) is -6.39. The second-order valence-corrected chi connectivity index (χ2v) is 4.97. The SMILES string of the molecule is COC(=O)C(C(C)C)C(O)c1ccc(F)c(C(F)(F)F)c1. The predicted octanol–water partition coefficient (Wildman–Crippen LogP) is 3.32. The summed E-state index contributed by atoms with van der Waals surface area (Å²) in [5.41, 5.74) is -1.67. The van der Waals surface area contributed by atoms with Gasteiger partial charge in [-0.05, 0) is 23.6 Å². The fourth-order valence-corrected chi connectivity index (χ4v) is 2.05. The molecule has 0 fully saturated rings. The van der Waals surface area contributed by atoms with Crippen LogP contribution in [0.15, 0.2) is 18.2 Å². The number of carbonyl (C=O) groups excluding carboxylic acids is 1. The molecule has 2 unspecified atom stereocenters. The highest BCUT2D eigenvalue weighted by atomic mass is 19.4. The van der Waals surface area contributed by atoms with Gasteiger partial charge in [0.25, 0.3) is 0 Å². The molecule has 0 saturated carbocycles. The van der Waals surface area contributed by atoms with Gasteiger partial charge in [0.1, 0.15) is 5.82 Å². The number of hydrogen-bond acceptors (Lipinski definition) is 3. The summed E-state index contributed by atoms with van der Waals surface area (Å²) in [6.45, 7) is 3.25. The highest BCUT2D eigenvalue weighted by Gasteiger charge is 2.37. The summed E-state index contributed by atoms with van der Waals surface area (Å²) in [7, 11) is 1.12. The van der Waals surface area contributed by atoms with Crippen molar-refractivity contribution < 1.29 is 32.2 Å². The van der Waals surface area contributed by atoms with E-state index in [2.05, 4.69) is 4.74 Å². The summed E-state index contributed by atoms with van der Waals surface area (Å²) in [5.74, 6) is -3.58. The Labute approximate surface area is 119 Å². The number of rotatable bonds is 4. The number of alkyl halides is 3. The average molecular weight is 308 g/mol. The van der Waals surface area contributed by atoms with Gasteiger partial charge in [0.05, 0.1) is 24.7 Å². The highest BCUT2D eigenvalue weighted by molar-refractivity contribution is 5.73. The molecule has 21 heavy (non-hydrogen) atoms. The van der Waals surface area contributed by atoms with Crippen LogP contribution in [-0.2, 0) is 15.7 Å². The number of hydrogen-bond donors (Lipinski definition) is 1. The fourth-order valence-electron chi connectivity index (χ4n) is 2.05. The highest BCUT2D eigenvalue weighted by Crippen LogP contribution is 2.35. The van der Waals surface area contributed by atoms with Gasteiger partial charge in [-0.1, -0.05) is 19.9 Å². The minimum absolute atomic E-state index is 0.187. The van der Waals surface area contributed by atoms with Crippen molar-refractivity contribution in [3.8, 4) is 0 Å². The van der Waals surface area contributed by atoms with E-state index >= 15 is 0 Å². The molecule has 0 heterocycles. The molecule has 0 aliphatic carbocycles. The number of aliphatic hydroxyl groups excluding tert-OH is 1. The van der Waals surface area contributed by atoms with E-state index in [9.17, 15) is 27.5 Å². The zero-order chi connectivity index (χ0) is 16.4. The van der Waals surface area contributed by atoms with Crippen molar-refractivity contribution in [1.29, 1.82) is 0 Å². The first-order valence-electron chi connectivity index (χ1n) is 6.22. The number of ether oxygens (including phenoxy) is 1. The molecule has 0 aliphatic rings. The van der Waals surface area contributed by atoms with Crippen LogP contribution in [0.4, 0.5) is 17.6 Å². The quantitative estimate of drug-likeness (QED) is 0.685. The van der Waals surface area contributed by atoms with Crippen LogP contribution in [0.25, 0.3) is 0 Å². The van der Waals surface area contributed by atoms with Crippen molar-refractivity contribution in [2.75, 3.05) is 7.11 Å². The van der Waals surface area contributed by atoms with Crippen molar-refractivity contribution in [1.82, 2.24) is 0 Å². The maximum atomic E-state index is 13.2. The molecule has 0 amide bonds. The molecule has 1 rings (SSSR count). The van der Waals surface area contributed by atoms with E-state index in [4.69, 9.17) is 0 Å². The number of methoxy groups -OCH3 is 1. The standard InChI is InChI=1S/C14H16F4O3/c1-7(2)11(13(20)21-3)12(19)8-4-5-10(15)9(6-8)14(16,17)18/h4-7,11-12,19H,1-3H3. The molecule has 1 aromatic carbocycles. The van der Waals surface area contributed by atoms with Crippen molar-refractivity contribution >= 4 is 5.97 Å². The van der Waals surface area contributed by atoms with Gasteiger partial charge in [-0.2, -0.15) is 13.2 Å². The molecule has 0 aromatic heterocycles. The lowest BCUT2D eigenvalue weighted by molar-refractivity contribution is -0.152. The third kappa shape index (κ3) is 3.93. The zero-order valence-electron chi connectivity index (χ0n) is 11.7. The molecule has 0 bridgehead atoms. The summed E-state index contributed by atoms with van der Waals surface area (Å²) in [5, 5.41) is 10.1. The van der Waals surface area contributed by atoms with Crippen molar-refractivity contribution in [2.24, 2.45) is 11.8 Å². The second kappa shape index (κ2) is 6.43.